The van der Waals surface area contributed by atoms with Crippen LogP contribution in [0.1, 0.15) is 30.5 Å². The zero-order valence-corrected chi connectivity index (χ0v) is 13.4. The van der Waals surface area contributed by atoms with Crippen LogP contribution in [0.5, 0.6) is 0 Å². The fourth-order valence-electron chi connectivity index (χ4n) is 2.15. The smallest absolute Gasteiger partial charge is 0.275 e. The molecule has 2 aromatic heterocycles. The molecular formula is C15H17F4N5. The van der Waals surface area contributed by atoms with E-state index in [1.54, 1.807) is 0 Å². The first kappa shape index (κ1) is 17.9. The van der Waals surface area contributed by atoms with E-state index in [0.717, 1.165) is 20.0 Å². The van der Waals surface area contributed by atoms with Gasteiger partial charge >= 0.3 is 0 Å². The predicted molar refractivity (Wildman–Crippen MR) is 82.3 cm³/mol. The van der Waals surface area contributed by atoms with E-state index in [-0.39, 0.29) is 35.0 Å². The van der Waals surface area contributed by atoms with Crippen LogP contribution in [-0.2, 0) is 18.4 Å². The van der Waals surface area contributed by atoms with E-state index in [1.165, 1.54) is 25.5 Å². The van der Waals surface area contributed by atoms with Crippen molar-refractivity contribution in [1.29, 1.82) is 0 Å². The van der Waals surface area contributed by atoms with Crippen LogP contribution in [0.25, 0.3) is 0 Å². The number of nitrogens with zero attached hydrogens (tertiary/aromatic N) is 3. The molecule has 0 radical (unpaired) electrons. The first-order chi connectivity index (χ1) is 11.1. The maximum Gasteiger partial charge on any atom is 0.275 e. The number of anilines is 2. The summed E-state index contributed by atoms with van der Waals surface area (Å²) in [7, 11) is 1.46. The summed E-state index contributed by atoms with van der Waals surface area (Å²) in [6.07, 6.45) is 3.59. The van der Waals surface area contributed by atoms with Gasteiger partial charge in [0, 0.05) is 51.6 Å². The third-order valence-corrected chi connectivity index (χ3v) is 3.31. The van der Waals surface area contributed by atoms with Gasteiger partial charge in [0.15, 0.2) is 0 Å². The topological polar surface area (TPSA) is 62.7 Å². The fourth-order valence-corrected chi connectivity index (χ4v) is 2.15. The molecule has 0 amide bonds. The number of hydrogen-bond donors (Lipinski definition) is 2. The van der Waals surface area contributed by atoms with Gasteiger partial charge in [0.2, 0.25) is 5.95 Å². The van der Waals surface area contributed by atoms with Gasteiger partial charge in [-0.15, -0.1) is 0 Å². The number of nitrogens with one attached hydrogen (secondary N) is 2. The Kier molecular flexibility index (Phi) is 4.91. The molecule has 2 heterocycles. The number of aromatic nitrogens is 3. The van der Waals surface area contributed by atoms with Crippen molar-refractivity contribution in [3.63, 3.8) is 0 Å². The average Bonchev–Trinajstić information content (AvgIpc) is 2.51. The molecule has 0 aliphatic carbocycles. The van der Waals surface area contributed by atoms with Crippen molar-refractivity contribution in [1.82, 2.24) is 15.0 Å². The highest BCUT2D eigenvalue weighted by Crippen LogP contribution is 2.32. The van der Waals surface area contributed by atoms with Gasteiger partial charge < -0.3 is 10.6 Å². The zero-order chi connectivity index (χ0) is 18.0. The summed E-state index contributed by atoms with van der Waals surface area (Å²) in [5.74, 6) is -6.11. The monoisotopic (exact) mass is 343 g/mol. The van der Waals surface area contributed by atoms with E-state index < -0.39 is 11.8 Å². The number of alkyl halides is 4. The van der Waals surface area contributed by atoms with Crippen LogP contribution >= 0.6 is 0 Å². The third-order valence-electron chi connectivity index (χ3n) is 3.31. The molecule has 0 unspecified atom stereocenters. The Bertz CT molecular complexity index is 710. The maximum absolute atomic E-state index is 13.6. The van der Waals surface area contributed by atoms with E-state index in [2.05, 4.69) is 25.6 Å². The largest absolute Gasteiger partial charge is 0.373 e. The van der Waals surface area contributed by atoms with Crippen LogP contribution in [0.4, 0.5) is 29.3 Å². The van der Waals surface area contributed by atoms with Gasteiger partial charge in [-0.2, -0.15) is 4.98 Å². The minimum atomic E-state index is -3.10. The summed E-state index contributed by atoms with van der Waals surface area (Å²) in [6.45, 7) is 1.52. The zero-order valence-electron chi connectivity index (χ0n) is 13.4. The SMILES string of the molecule is CNc1nc(NCc2cnccc2C(C)(F)F)ncc1C(C)(F)F. The summed E-state index contributed by atoms with van der Waals surface area (Å²) >= 11 is 0. The van der Waals surface area contributed by atoms with E-state index in [0.29, 0.717) is 0 Å². The Hall–Kier alpha value is -2.45. The normalized spacial score (nSPS) is 12.1. The molecule has 0 aromatic carbocycles. The summed E-state index contributed by atoms with van der Waals surface area (Å²) < 4.78 is 54.0. The van der Waals surface area contributed by atoms with Gasteiger partial charge in [0.25, 0.3) is 11.8 Å². The molecule has 130 valence electrons. The van der Waals surface area contributed by atoms with Gasteiger partial charge in [-0.3, -0.25) is 4.98 Å². The van der Waals surface area contributed by atoms with Crippen LogP contribution in [0.2, 0.25) is 0 Å². The van der Waals surface area contributed by atoms with Gasteiger partial charge in [-0.1, -0.05) is 0 Å². The molecule has 0 aliphatic heterocycles. The molecule has 2 N–H and O–H groups in total. The summed E-state index contributed by atoms with van der Waals surface area (Å²) in [4.78, 5) is 11.6. The molecule has 0 atom stereocenters. The average molecular weight is 343 g/mol. The van der Waals surface area contributed by atoms with E-state index in [4.69, 9.17) is 0 Å². The van der Waals surface area contributed by atoms with Crippen LogP contribution in [0.3, 0.4) is 0 Å². The number of pyridine rings is 1. The van der Waals surface area contributed by atoms with Crippen molar-refractivity contribution < 1.29 is 17.6 Å². The molecule has 2 aromatic rings. The van der Waals surface area contributed by atoms with Crippen molar-refractivity contribution in [3.05, 3.63) is 41.3 Å². The van der Waals surface area contributed by atoms with Gasteiger partial charge in [-0.25, -0.2) is 22.5 Å². The molecule has 0 spiro atoms. The van der Waals surface area contributed by atoms with Gasteiger partial charge in [0.1, 0.15) is 5.82 Å². The van der Waals surface area contributed by atoms with Crippen molar-refractivity contribution >= 4 is 11.8 Å². The molecule has 0 bridgehead atoms. The maximum atomic E-state index is 13.6. The predicted octanol–water partition coefficient (Wildman–Crippen LogP) is 3.75. The van der Waals surface area contributed by atoms with Crippen molar-refractivity contribution in [2.24, 2.45) is 0 Å². The second kappa shape index (κ2) is 6.58. The molecule has 2 rings (SSSR count). The van der Waals surface area contributed by atoms with Crippen LogP contribution in [-0.4, -0.2) is 22.0 Å². The molecule has 24 heavy (non-hydrogen) atoms. The standard InChI is InChI=1S/C15H17F4N5/c1-14(16,17)10-4-5-21-6-9(10)7-22-13-23-8-11(15(2,18)19)12(20-3)24-13/h4-6,8H,7H2,1-3H3,(H2,20,22,23,24). The Morgan fingerprint density at radius 3 is 2.29 bits per heavy atom. The fraction of sp³-hybridized carbons (Fsp3) is 0.400. The lowest BCUT2D eigenvalue weighted by molar-refractivity contribution is 0.0161. The van der Waals surface area contributed by atoms with Crippen LogP contribution < -0.4 is 10.6 Å². The summed E-state index contributed by atoms with van der Waals surface area (Å²) in [6, 6.07) is 1.23. The Labute approximate surface area is 136 Å². The summed E-state index contributed by atoms with van der Waals surface area (Å²) in [5, 5.41) is 5.32. The van der Waals surface area contributed by atoms with Crippen LogP contribution in [0, 0.1) is 0 Å². The second-order valence-electron chi connectivity index (χ2n) is 5.37. The Morgan fingerprint density at radius 1 is 1.04 bits per heavy atom. The minimum absolute atomic E-state index is 0.0162. The first-order valence-corrected chi connectivity index (χ1v) is 7.11. The highest BCUT2D eigenvalue weighted by atomic mass is 19.3. The third kappa shape index (κ3) is 4.09. The highest BCUT2D eigenvalue weighted by molar-refractivity contribution is 5.48. The van der Waals surface area contributed by atoms with Crippen LogP contribution in [0.15, 0.2) is 24.7 Å². The minimum Gasteiger partial charge on any atom is -0.373 e. The van der Waals surface area contributed by atoms with Gasteiger partial charge in [0.05, 0.1) is 5.56 Å². The quantitative estimate of drug-likeness (QED) is 0.782. The second-order valence-corrected chi connectivity index (χ2v) is 5.37. The molecule has 0 fully saturated rings. The van der Waals surface area contributed by atoms with Crippen molar-refractivity contribution in [2.75, 3.05) is 17.7 Å². The number of halogens is 4. The van der Waals surface area contributed by atoms with E-state index in [1.807, 2.05) is 0 Å². The lowest BCUT2D eigenvalue weighted by Crippen LogP contribution is -2.16. The molecule has 5 nitrogen and oxygen atoms in total. The summed E-state index contributed by atoms with van der Waals surface area (Å²) in [5.41, 5.74) is -0.252. The van der Waals surface area contributed by atoms with E-state index >= 15 is 0 Å². The molecule has 0 saturated carbocycles. The van der Waals surface area contributed by atoms with Crippen molar-refractivity contribution in [2.45, 2.75) is 32.2 Å². The molecule has 0 saturated heterocycles. The van der Waals surface area contributed by atoms with E-state index in [9.17, 15) is 17.6 Å². The first-order valence-electron chi connectivity index (χ1n) is 7.11. The van der Waals surface area contributed by atoms with Gasteiger partial charge in [-0.05, 0) is 11.6 Å². The number of rotatable bonds is 6. The molecule has 0 aliphatic rings. The molecule has 9 heteroatoms. The number of hydrogen-bond acceptors (Lipinski definition) is 5. The van der Waals surface area contributed by atoms with Crippen molar-refractivity contribution in [3.8, 4) is 0 Å². The molecular weight excluding hydrogens is 326 g/mol. The Morgan fingerprint density at radius 2 is 1.71 bits per heavy atom. The lowest BCUT2D eigenvalue weighted by Gasteiger charge is -2.17. The lowest BCUT2D eigenvalue weighted by atomic mass is 10.1. The Balaban J connectivity index is 2.22. The highest BCUT2D eigenvalue weighted by Gasteiger charge is 2.30.